The lowest BCUT2D eigenvalue weighted by atomic mass is 9.73. The Morgan fingerprint density at radius 3 is 2.60 bits per heavy atom. The van der Waals surface area contributed by atoms with E-state index in [4.69, 9.17) is 0 Å². The number of hydrogen-bond donors (Lipinski definition) is 2. The molecule has 0 aromatic carbocycles. The van der Waals surface area contributed by atoms with Crippen LogP contribution in [0.2, 0.25) is 0 Å². The third kappa shape index (κ3) is 1.90. The third-order valence-electron chi connectivity index (χ3n) is 3.22. The summed E-state index contributed by atoms with van der Waals surface area (Å²) in [6.45, 7) is 4.95. The van der Waals surface area contributed by atoms with Crippen LogP contribution in [-0.2, 0) is 4.79 Å². The predicted molar refractivity (Wildman–Crippen MR) is 52.8 cm³/mol. The average Bonchev–Trinajstić information content (AvgIpc) is 2.11. The van der Waals surface area contributed by atoms with Gasteiger partial charge in [-0.05, 0) is 31.1 Å². The van der Waals surface area contributed by atoms with Crippen LogP contribution in [0.5, 0.6) is 0 Å². The van der Waals surface area contributed by atoms with E-state index in [1.165, 1.54) is 6.08 Å². The molecule has 0 aliphatic heterocycles. The number of aliphatic hydroxyl groups excluding tert-OH is 1. The highest BCUT2D eigenvalue weighted by molar-refractivity contribution is 5.67. The molecule has 0 amide bonds. The summed E-state index contributed by atoms with van der Waals surface area (Å²) in [5.74, 6) is -1.63. The molecule has 0 fully saturated rings. The molecule has 84 valence electrons. The first-order valence-corrected chi connectivity index (χ1v) is 4.79. The van der Waals surface area contributed by atoms with Gasteiger partial charge in [0.15, 0.2) is 0 Å². The molecule has 0 spiro atoms. The third-order valence-corrected chi connectivity index (χ3v) is 3.22. The van der Waals surface area contributed by atoms with Gasteiger partial charge in [-0.25, -0.2) is 0 Å². The summed E-state index contributed by atoms with van der Waals surface area (Å²) < 4.78 is 0. The number of aliphatic hydroxyl groups is 2. The Morgan fingerprint density at radius 1 is 1.60 bits per heavy atom. The van der Waals surface area contributed by atoms with Gasteiger partial charge >= 0.3 is 0 Å². The number of carboxylic acids is 1. The molecular weight excluding hydrogens is 196 g/mol. The molecular formula is C11H15O4-. The molecule has 2 atom stereocenters. The van der Waals surface area contributed by atoms with Gasteiger partial charge in [-0.3, -0.25) is 0 Å². The van der Waals surface area contributed by atoms with Crippen molar-refractivity contribution >= 4 is 5.97 Å². The Balaban J connectivity index is 3.13. The summed E-state index contributed by atoms with van der Waals surface area (Å²) in [5, 5.41) is 30.3. The molecule has 2 unspecified atom stereocenters. The summed E-state index contributed by atoms with van der Waals surface area (Å²) in [7, 11) is 0. The molecule has 0 radical (unpaired) electrons. The number of hydrogen-bond acceptors (Lipinski definition) is 4. The molecule has 15 heavy (non-hydrogen) atoms. The first-order chi connectivity index (χ1) is 6.79. The lowest BCUT2D eigenvalue weighted by Gasteiger charge is -2.39. The molecule has 2 N–H and O–H groups in total. The van der Waals surface area contributed by atoms with E-state index in [0.717, 1.165) is 0 Å². The predicted octanol–water partition coefficient (Wildman–Crippen LogP) is 0.285. The highest BCUT2D eigenvalue weighted by Gasteiger charge is 2.40. The average molecular weight is 211 g/mol. The van der Waals surface area contributed by atoms with Crippen molar-refractivity contribution in [3.8, 4) is 0 Å². The fraction of sp³-hybridized carbons (Fsp3) is 0.545. The van der Waals surface area contributed by atoms with Gasteiger partial charge in [-0.2, -0.15) is 0 Å². The molecule has 4 nitrogen and oxygen atoms in total. The molecule has 0 saturated heterocycles. The van der Waals surface area contributed by atoms with E-state index >= 15 is 0 Å². The normalized spacial score (nSPS) is 31.5. The van der Waals surface area contributed by atoms with Crippen LogP contribution in [0, 0.1) is 5.92 Å². The van der Waals surface area contributed by atoms with E-state index in [1.807, 2.05) is 0 Å². The fourth-order valence-corrected chi connectivity index (χ4v) is 1.88. The Bertz CT molecular complexity index is 354. The number of rotatable bonds is 2. The van der Waals surface area contributed by atoms with Crippen molar-refractivity contribution in [1.29, 1.82) is 0 Å². The molecule has 0 bridgehead atoms. The minimum absolute atomic E-state index is 0.100. The van der Waals surface area contributed by atoms with E-state index in [-0.39, 0.29) is 5.76 Å². The zero-order chi connectivity index (χ0) is 11.8. The van der Waals surface area contributed by atoms with Crippen molar-refractivity contribution in [3.05, 3.63) is 23.0 Å². The van der Waals surface area contributed by atoms with Gasteiger partial charge in [-0.15, -0.1) is 0 Å². The first kappa shape index (κ1) is 11.8. The van der Waals surface area contributed by atoms with Gasteiger partial charge in [-0.1, -0.05) is 6.92 Å². The lowest BCUT2D eigenvalue weighted by Crippen LogP contribution is -2.45. The van der Waals surface area contributed by atoms with Crippen LogP contribution >= 0.6 is 0 Å². The van der Waals surface area contributed by atoms with Crippen molar-refractivity contribution in [2.24, 2.45) is 5.92 Å². The fourth-order valence-electron chi connectivity index (χ4n) is 1.88. The number of carbonyl (C=O) groups excluding carboxylic acids is 1. The molecule has 0 heterocycles. The SMILES string of the molecule is CC1=CC(O)=C(C)C(C)C1(O)CC(=O)[O-]. The minimum Gasteiger partial charge on any atom is -0.550 e. The van der Waals surface area contributed by atoms with Crippen LogP contribution in [0.25, 0.3) is 0 Å². The van der Waals surface area contributed by atoms with Crippen molar-refractivity contribution in [3.63, 3.8) is 0 Å². The van der Waals surface area contributed by atoms with Crippen LogP contribution in [0.1, 0.15) is 27.2 Å². The first-order valence-electron chi connectivity index (χ1n) is 4.79. The highest BCUT2D eigenvalue weighted by atomic mass is 16.4. The van der Waals surface area contributed by atoms with E-state index in [1.54, 1.807) is 20.8 Å². The summed E-state index contributed by atoms with van der Waals surface area (Å²) in [6, 6.07) is 0. The molecule has 1 aliphatic rings. The van der Waals surface area contributed by atoms with Gasteiger partial charge in [0.1, 0.15) is 5.76 Å². The lowest BCUT2D eigenvalue weighted by molar-refractivity contribution is -0.309. The molecule has 0 aromatic heterocycles. The minimum atomic E-state index is -1.45. The van der Waals surface area contributed by atoms with Crippen molar-refractivity contribution in [1.82, 2.24) is 0 Å². The summed E-state index contributed by atoms with van der Waals surface area (Å²) >= 11 is 0. The maximum absolute atomic E-state index is 10.6. The van der Waals surface area contributed by atoms with Crippen molar-refractivity contribution in [2.45, 2.75) is 32.8 Å². The maximum Gasteiger partial charge on any atom is 0.114 e. The second-order valence-corrected chi connectivity index (χ2v) is 4.09. The number of carbonyl (C=O) groups is 1. The molecule has 1 aliphatic carbocycles. The maximum atomic E-state index is 10.6. The van der Waals surface area contributed by atoms with Gasteiger partial charge in [0.2, 0.25) is 0 Å². The van der Waals surface area contributed by atoms with Gasteiger partial charge < -0.3 is 20.1 Å². The van der Waals surface area contributed by atoms with Gasteiger partial charge in [0.05, 0.1) is 5.60 Å². The van der Waals surface area contributed by atoms with E-state index in [0.29, 0.717) is 11.1 Å². The second kappa shape index (κ2) is 3.70. The van der Waals surface area contributed by atoms with Crippen LogP contribution in [0.3, 0.4) is 0 Å². The zero-order valence-electron chi connectivity index (χ0n) is 9.07. The summed E-state index contributed by atoms with van der Waals surface area (Å²) in [5.41, 5.74) is -0.415. The molecule has 0 aromatic rings. The zero-order valence-corrected chi connectivity index (χ0v) is 9.07. The molecule has 4 heteroatoms. The van der Waals surface area contributed by atoms with Crippen LogP contribution in [0.15, 0.2) is 23.0 Å². The second-order valence-electron chi connectivity index (χ2n) is 4.09. The van der Waals surface area contributed by atoms with E-state index in [2.05, 4.69) is 0 Å². The largest absolute Gasteiger partial charge is 0.550 e. The van der Waals surface area contributed by atoms with Crippen LogP contribution in [0.4, 0.5) is 0 Å². The van der Waals surface area contributed by atoms with Crippen LogP contribution in [-0.4, -0.2) is 21.8 Å². The molecule has 0 saturated carbocycles. The Labute approximate surface area is 88.5 Å². The number of allylic oxidation sites excluding steroid dienone is 1. The molecule has 1 rings (SSSR count). The van der Waals surface area contributed by atoms with Crippen molar-refractivity contribution < 1.29 is 20.1 Å². The smallest absolute Gasteiger partial charge is 0.114 e. The Morgan fingerprint density at radius 2 is 2.13 bits per heavy atom. The number of aliphatic carboxylic acids is 1. The van der Waals surface area contributed by atoms with Crippen molar-refractivity contribution in [2.75, 3.05) is 0 Å². The quantitative estimate of drug-likeness (QED) is 0.687. The highest BCUT2D eigenvalue weighted by Crippen LogP contribution is 2.38. The van der Waals surface area contributed by atoms with E-state index in [9.17, 15) is 20.1 Å². The standard InChI is InChI=1S/C11H16O4/c1-6-4-9(12)7(2)8(3)11(6,15)5-10(13)14/h4,8,12,15H,5H2,1-3H3,(H,13,14)/p-1. The summed E-state index contributed by atoms with van der Waals surface area (Å²) in [6.07, 6.45) is 0.944. The van der Waals surface area contributed by atoms with Gasteiger partial charge in [0.25, 0.3) is 0 Å². The summed E-state index contributed by atoms with van der Waals surface area (Å²) in [4.78, 5) is 10.6. The Hall–Kier alpha value is -1.29. The Kier molecular flexibility index (Phi) is 2.90. The topological polar surface area (TPSA) is 80.6 Å². The monoisotopic (exact) mass is 211 g/mol. The van der Waals surface area contributed by atoms with Crippen LogP contribution < -0.4 is 5.11 Å². The van der Waals surface area contributed by atoms with E-state index < -0.39 is 23.9 Å². The number of carboxylic acid groups (broad SMARTS) is 1. The van der Waals surface area contributed by atoms with Gasteiger partial charge in [0, 0.05) is 18.3 Å².